The molecule has 6 unspecified atom stereocenters. The molecule has 0 amide bonds. The van der Waals surface area contributed by atoms with Crippen molar-refractivity contribution >= 4 is 5.97 Å². The van der Waals surface area contributed by atoms with Crippen LogP contribution >= 0.6 is 0 Å². The summed E-state index contributed by atoms with van der Waals surface area (Å²) >= 11 is 0. The van der Waals surface area contributed by atoms with Gasteiger partial charge in [0.25, 0.3) is 0 Å². The van der Waals surface area contributed by atoms with E-state index in [9.17, 15) is 25.2 Å². The van der Waals surface area contributed by atoms with Gasteiger partial charge in [0.2, 0.25) is 0 Å². The van der Waals surface area contributed by atoms with Gasteiger partial charge in [0.15, 0.2) is 6.29 Å². The highest BCUT2D eigenvalue weighted by Crippen LogP contribution is 2.22. The molecule has 254 valence electrons. The van der Waals surface area contributed by atoms with E-state index >= 15 is 0 Å². The summed E-state index contributed by atoms with van der Waals surface area (Å²) in [6, 6.07) is 0. The molecular formula is C34H64O9. The number of rotatable bonds is 28. The SMILES string of the molecule is CCCCCC/C=C\CCCCCCCC(=O)OC(COCCCCCCCCC)COC1OC(CO)C(O)C(O)C1O. The van der Waals surface area contributed by atoms with Crippen LogP contribution in [0, 0.1) is 0 Å². The first-order chi connectivity index (χ1) is 20.9. The molecule has 0 aromatic carbocycles. The Morgan fingerprint density at radius 1 is 0.721 bits per heavy atom. The average molecular weight is 617 g/mol. The van der Waals surface area contributed by atoms with Crippen molar-refractivity contribution in [3.8, 4) is 0 Å². The maximum atomic E-state index is 12.6. The zero-order chi connectivity index (χ0) is 31.5. The van der Waals surface area contributed by atoms with Crippen LogP contribution in [0.1, 0.15) is 136 Å². The molecule has 0 aromatic rings. The second-order valence-electron chi connectivity index (χ2n) is 12.0. The zero-order valence-corrected chi connectivity index (χ0v) is 27.2. The Kier molecular flexibility index (Phi) is 25.3. The Labute approximate surface area is 261 Å². The molecule has 1 rings (SSSR count). The first kappa shape index (κ1) is 40.0. The van der Waals surface area contributed by atoms with Crippen molar-refractivity contribution in [3.05, 3.63) is 12.2 Å². The van der Waals surface area contributed by atoms with Gasteiger partial charge >= 0.3 is 5.97 Å². The third kappa shape index (κ3) is 19.8. The van der Waals surface area contributed by atoms with Crippen LogP contribution in [-0.4, -0.2) is 89.6 Å². The van der Waals surface area contributed by atoms with Crippen molar-refractivity contribution in [2.24, 2.45) is 0 Å². The van der Waals surface area contributed by atoms with Gasteiger partial charge in [0, 0.05) is 13.0 Å². The molecule has 1 saturated heterocycles. The summed E-state index contributed by atoms with van der Waals surface area (Å²) in [4.78, 5) is 12.6. The standard InChI is InChI=1S/C34H64O9/c1-3-5-7-9-11-12-13-14-15-16-17-19-21-23-30(36)42-28(26-40-24-22-20-18-10-8-6-4-2)27-41-34-33(39)32(38)31(37)29(25-35)43-34/h12-13,28-29,31-35,37-39H,3-11,14-27H2,1-2H3/b13-12-. The van der Waals surface area contributed by atoms with Crippen molar-refractivity contribution in [1.29, 1.82) is 0 Å². The monoisotopic (exact) mass is 616 g/mol. The minimum absolute atomic E-state index is 0.114. The number of hydrogen-bond donors (Lipinski definition) is 4. The summed E-state index contributed by atoms with van der Waals surface area (Å²) in [6.07, 6.45) is 18.2. The highest BCUT2D eigenvalue weighted by molar-refractivity contribution is 5.69. The largest absolute Gasteiger partial charge is 0.457 e. The number of unbranched alkanes of at least 4 members (excludes halogenated alkanes) is 15. The maximum absolute atomic E-state index is 12.6. The number of allylic oxidation sites excluding steroid dienone is 2. The zero-order valence-electron chi connectivity index (χ0n) is 27.2. The molecule has 9 nitrogen and oxygen atoms in total. The van der Waals surface area contributed by atoms with E-state index < -0.39 is 43.4 Å². The first-order valence-corrected chi connectivity index (χ1v) is 17.3. The minimum Gasteiger partial charge on any atom is -0.457 e. The number of hydrogen-bond acceptors (Lipinski definition) is 9. The number of aliphatic hydroxyl groups excluding tert-OH is 4. The fourth-order valence-corrected chi connectivity index (χ4v) is 5.13. The van der Waals surface area contributed by atoms with Gasteiger partial charge in [-0.1, -0.05) is 103 Å². The second kappa shape index (κ2) is 27.3. The molecule has 1 aliphatic heterocycles. The third-order valence-corrected chi connectivity index (χ3v) is 7.93. The van der Waals surface area contributed by atoms with E-state index in [-0.39, 0.29) is 19.2 Å². The third-order valence-electron chi connectivity index (χ3n) is 7.93. The Balaban J connectivity index is 2.36. The number of carbonyl (C=O) groups excluding carboxylic acids is 1. The Bertz CT molecular complexity index is 672. The number of ether oxygens (including phenoxy) is 4. The van der Waals surface area contributed by atoms with E-state index in [1.54, 1.807) is 0 Å². The average Bonchev–Trinajstić information content (AvgIpc) is 3.00. The van der Waals surface area contributed by atoms with E-state index in [1.165, 1.54) is 70.6 Å². The van der Waals surface area contributed by atoms with E-state index in [4.69, 9.17) is 18.9 Å². The maximum Gasteiger partial charge on any atom is 0.306 e. The lowest BCUT2D eigenvalue weighted by molar-refractivity contribution is -0.305. The van der Waals surface area contributed by atoms with E-state index in [2.05, 4.69) is 26.0 Å². The fraction of sp³-hybridized carbons (Fsp3) is 0.912. The molecule has 0 aliphatic carbocycles. The summed E-state index contributed by atoms with van der Waals surface area (Å²) in [5, 5.41) is 39.7. The van der Waals surface area contributed by atoms with Gasteiger partial charge in [-0.2, -0.15) is 0 Å². The van der Waals surface area contributed by atoms with Crippen molar-refractivity contribution in [2.75, 3.05) is 26.4 Å². The van der Waals surface area contributed by atoms with Crippen molar-refractivity contribution in [1.82, 2.24) is 0 Å². The first-order valence-electron chi connectivity index (χ1n) is 17.3. The van der Waals surface area contributed by atoms with Crippen LogP contribution in [0.4, 0.5) is 0 Å². The van der Waals surface area contributed by atoms with Gasteiger partial charge in [0.05, 0.1) is 19.8 Å². The van der Waals surface area contributed by atoms with E-state index in [0.29, 0.717) is 13.0 Å². The topological polar surface area (TPSA) is 135 Å². The Morgan fingerprint density at radius 3 is 1.91 bits per heavy atom. The summed E-state index contributed by atoms with van der Waals surface area (Å²) in [5.74, 6) is -0.326. The predicted molar refractivity (Wildman–Crippen MR) is 169 cm³/mol. The predicted octanol–water partition coefficient (Wildman–Crippen LogP) is 5.74. The van der Waals surface area contributed by atoms with Gasteiger partial charge in [0.1, 0.15) is 30.5 Å². The van der Waals surface area contributed by atoms with Crippen LogP contribution < -0.4 is 0 Å². The second-order valence-corrected chi connectivity index (χ2v) is 12.0. The fourth-order valence-electron chi connectivity index (χ4n) is 5.13. The molecule has 9 heteroatoms. The van der Waals surface area contributed by atoms with Gasteiger partial charge < -0.3 is 39.4 Å². The van der Waals surface area contributed by atoms with Crippen molar-refractivity contribution < 1.29 is 44.2 Å². The Hall–Kier alpha value is -1.07. The molecule has 0 spiro atoms. The van der Waals surface area contributed by atoms with Crippen LogP contribution in [-0.2, 0) is 23.7 Å². The van der Waals surface area contributed by atoms with Crippen LogP contribution in [0.5, 0.6) is 0 Å². The molecule has 0 radical (unpaired) electrons. The molecule has 1 aliphatic rings. The van der Waals surface area contributed by atoms with Gasteiger partial charge in [-0.3, -0.25) is 4.79 Å². The molecule has 1 fully saturated rings. The van der Waals surface area contributed by atoms with Crippen LogP contribution in [0.25, 0.3) is 0 Å². The molecule has 1 heterocycles. The normalized spacial score (nSPS) is 23.2. The molecule has 0 saturated carbocycles. The van der Waals surface area contributed by atoms with E-state index in [1.807, 2.05) is 0 Å². The summed E-state index contributed by atoms with van der Waals surface area (Å²) in [6.45, 7) is 4.48. The highest BCUT2D eigenvalue weighted by atomic mass is 16.7. The summed E-state index contributed by atoms with van der Waals surface area (Å²) in [5.41, 5.74) is 0. The molecule has 4 N–H and O–H groups in total. The summed E-state index contributed by atoms with van der Waals surface area (Å²) in [7, 11) is 0. The smallest absolute Gasteiger partial charge is 0.306 e. The van der Waals surface area contributed by atoms with Crippen LogP contribution in [0.15, 0.2) is 12.2 Å². The number of carbonyl (C=O) groups is 1. The Morgan fingerprint density at radius 2 is 1.28 bits per heavy atom. The number of aliphatic hydroxyl groups is 4. The minimum atomic E-state index is -1.53. The lowest BCUT2D eigenvalue weighted by Gasteiger charge is -2.39. The molecule has 0 bridgehead atoms. The quantitative estimate of drug-likeness (QED) is 0.0493. The molecule has 43 heavy (non-hydrogen) atoms. The van der Waals surface area contributed by atoms with Gasteiger partial charge in [-0.15, -0.1) is 0 Å². The summed E-state index contributed by atoms with van der Waals surface area (Å²) < 4.78 is 22.5. The molecular weight excluding hydrogens is 552 g/mol. The lowest BCUT2D eigenvalue weighted by Crippen LogP contribution is -2.59. The molecule has 6 atom stereocenters. The molecule has 0 aromatic heterocycles. The number of esters is 1. The van der Waals surface area contributed by atoms with Crippen LogP contribution in [0.2, 0.25) is 0 Å². The van der Waals surface area contributed by atoms with E-state index in [0.717, 1.165) is 44.9 Å². The highest BCUT2D eigenvalue weighted by Gasteiger charge is 2.44. The van der Waals surface area contributed by atoms with Crippen LogP contribution in [0.3, 0.4) is 0 Å². The van der Waals surface area contributed by atoms with Gasteiger partial charge in [-0.25, -0.2) is 0 Å². The lowest BCUT2D eigenvalue weighted by atomic mass is 9.99. The van der Waals surface area contributed by atoms with Gasteiger partial charge in [-0.05, 0) is 38.5 Å². The van der Waals surface area contributed by atoms with Crippen molar-refractivity contribution in [3.63, 3.8) is 0 Å². The van der Waals surface area contributed by atoms with Crippen molar-refractivity contribution in [2.45, 2.75) is 173 Å².